The first kappa shape index (κ1) is 12.1. The quantitative estimate of drug-likeness (QED) is 0.362. The Kier molecular flexibility index (Phi) is 5.69. The molecular formula is C8H11N3O3. The van der Waals surface area contributed by atoms with Crippen LogP contribution in [0.5, 0.6) is 11.5 Å². The van der Waals surface area contributed by atoms with Crippen LogP contribution in [0, 0.1) is 4.91 Å². The van der Waals surface area contributed by atoms with E-state index in [1.165, 1.54) is 17.1 Å². The maximum atomic E-state index is 9.04. The van der Waals surface area contributed by atoms with Crippen molar-refractivity contribution in [3.8, 4) is 11.5 Å². The normalized spacial score (nSPS) is 8.36. The molecular weight excluding hydrogens is 186 g/mol. The summed E-state index contributed by atoms with van der Waals surface area (Å²) < 4.78 is 0. The van der Waals surface area contributed by atoms with Crippen LogP contribution in [-0.2, 0) is 6.42 Å². The lowest BCUT2D eigenvalue weighted by molar-refractivity contribution is 0.403. The Morgan fingerprint density at radius 1 is 1.36 bits per heavy atom. The highest BCUT2D eigenvalue weighted by atomic mass is 16.3. The Balaban J connectivity index is 0.000000500. The Morgan fingerprint density at radius 2 is 1.93 bits per heavy atom. The van der Waals surface area contributed by atoms with Crippen LogP contribution in [-0.4, -0.2) is 16.8 Å². The molecule has 0 aliphatic heterocycles. The zero-order chi connectivity index (χ0) is 11.0. The highest BCUT2D eigenvalue weighted by molar-refractivity contribution is 5.40. The number of rotatable bonds is 2. The van der Waals surface area contributed by atoms with Gasteiger partial charge in [0.1, 0.15) is 4.97 Å². The first-order chi connectivity index (χ1) is 6.65. The molecule has 14 heavy (non-hydrogen) atoms. The van der Waals surface area contributed by atoms with Gasteiger partial charge in [0.15, 0.2) is 16.4 Å². The van der Waals surface area contributed by atoms with Crippen LogP contribution in [0.15, 0.2) is 18.2 Å². The second kappa shape index (κ2) is 6.59. The minimum Gasteiger partial charge on any atom is -0.504 e. The molecule has 76 valence electrons. The van der Waals surface area contributed by atoms with Gasteiger partial charge in [-0.3, -0.25) is 5.53 Å². The number of phenolic OH excluding ortho intramolecular Hbond substituents is 2. The standard InChI is InChI=1S/C8H11NO2.N2O/c9-4-3-6-1-2-7(10)8(11)5-6;1-2-3/h1-2,5,10-11H,3-4,9H2;. The van der Waals surface area contributed by atoms with Crippen molar-refractivity contribution in [2.24, 2.45) is 5.73 Å². The predicted octanol–water partition coefficient (Wildman–Crippen LogP) is 0.441. The molecule has 0 aromatic heterocycles. The van der Waals surface area contributed by atoms with Gasteiger partial charge < -0.3 is 15.9 Å². The highest BCUT2D eigenvalue weighted by Gasteiger charge is 1.98. The molecule has 0 fully saturated rings. The van der Waals surface area contributed by atoms with E-state index in [-0.39, 0.29) is 11.5 Å². The van der Waals surface area contributed by atoms with E-state index in [4.69, 9.17) is 26.4 Å². The maximum absolute atomic E-state index is 9.04. The second-order valence-corrected chi connectivity index (χ2v) is 2.44. The summed E-state index contributed by atoms with van der Waals surface area (Å²) in [6.45, 7) is 0.546. The lowest BCUT2D eigenvalue weighted by Gasteiger charge is -2.00. The summed E-state index contributed by atoms with van der Waals surface area (Å²) in [5, 5.41) is 18.0. The monoisotopic (exact) mass is 197 g/mol. The molecule has 0 spiro atoms. The van der Waals surface area contributed by atoms with Crippen molar-refractivity contribution in [1.82, 2.24) is 4.97 Å². The molecule has 6 heteroatoms. The molecule has 0 heterocycles. The van der Waals surface area contributed by atoms with E-state index < -0.39 is 0 Å². The number of benzene rings is 1. The van der Waals surface area contributed by atoms with Gasteiger partial charge in [0.2, 0.25) is 0 Å². The fourth-order valence-electron chi connectivity index (χ4n) is 0.891. The maximum Gasteiger partial charge on any atom is 0.157 e. The Morgan fingerprint density at radius 3 is 2.36 bits per heavy atom. The fourth-order valence-corrected chi connectivity index (χ4v) is 0.891. The smallest absolute Gasteiger partial charge is 0.157 e. The number of phenols is 2. The first-order valence-electron chi connectivity index (χ1n) is 3.83. The van der Waals surface area contributed by atoms with Crippen LogP contribution in [0.4, 0.5) is 0 Å². The van der Waals surface area contributed by atoms with E-state index in [2.05, 4.69) is 0 Å². The average molecular weight is 197 g/mol. The van der Waals surface area contributed by atoms with Crippen LogP contribution in [0.25, 0.3) is 5.53 Å². The van der Waals surface area contributed by atoms with Crippen molar-refractivity contribution in [2.45, 2.75) is 6.42 Å². The molecule has 1 aromatic rings. The number of nitroso groups, excluding NO2 is 1. The van der Waals surface area contributed by atoms with Gasteiger partial charge in [-0.05, 0) is 30.7 Å². The van der Waals surface area contributed by atoms with Gasteiger partial charge in [0.25, 0.3) is 0 Å². The zero-order valence-electron chi connectivity index (χ0n) is 7.42. The van der Waals surface area contributed by atoms with Crippen molar-refractivity contribution in [3.63, 3.8) is 0 Å². The van der Waals surface area contributed by atoms with Crippen LogP contribution >= 0.6 is 0 Å². The number of nitrogens with two attached hydrogens (primary N) is 1. The summed E-state index contributed by atoms with van der Waals surface area (Å²) in [5.74, 6) is -0.179. The van der Waals surface area contributed by atoms with Crippen molar-refractivity contribution in [1.29, 1.82) is 0 Å². The predicted molar refractivity (Wildman–Crippen MR) is 51.4 cm³/mol. The third-order valence-electron chi connectivity index (χ3n) is 1.47. The summed E-state index contributed by atoms with van der Waals surface area (Å²) in [6.07, 6.45) is 0.716. The average Bonchev–Trinajstić information content (AvgIpc) is 2.13. The highest BCUT2D eigenvalue weighted by Crippen LogP contribution is 2.24. The lowest BCUT2D eigenvalue weighted by atomic mass is 10.1. The Hall–Kier alpha value is -1.91. The minimum atomic E-state index is -0.0919. The van der Waals surface area contributed by atoms with E-state index in [0.717, 1.165) is 5.56 Å². The number of hydrogen-bond donors (Lipinski definition) is 3. The summed E-state index contributed by atoms with van der Waals surface area (Å²) in [7, 11) is 0. The topological polar surface area (TPSA) is 120 Å². The van der Waals surface area contributed by atoms with Crippen LogP contribution in [0.3, 0.4) is 0 Å². The Labute approximate surface area is 80.5 Å². The van der Waals surface area contributed by atoms with Gasteiger partial charge in [-0.15, -0.1) is 0 Å². The van der Waals surface area contributed by atoms with Gasteiger partial charge in [0.05, 0.1) is 0 Å². The van der Waals surface area contributed by atoms with Crippen molar-refractivity contribution < 1.29 is 10.2 Å². The van der Waals surface area contributed by atoms with Crippen molar-refractivity contribution >= 4 is 0 Å². The minimum absolute atomic E-state index is 0.0871. The van der Waals surface area contributed by atoms with E-state index >= 15 is 0 Å². The molecule has 0 radical (unpaired) electrons. The first-order valence-corrected chi connectivity index (χ1v) is 3.83. The molecule has 0 saturated heterocycles. The van der Waals surface area contributed by atoms with Gasteiger partial charge in [0, 0.05) is 0 Å². The van der Waals surface area contributed by atoms with Crippen LogP contribution < -0.4 is 10.7 Å². The summed E-state index contributed by atoms with van der Waals surface area (Å²) in [6, 6.07) is 4.71. The molecule has 0 bridgehead atoms. The van der Waals surface area contributed by atoms with E-state index in [9.17, 15) is 0 Å². The van der Waals surface area contributed by atoms with E-state index in [1.54, 1.807) is 6.07 Å². The third kappa shape index (κ3) is 4.20. The van der Waals surface area contributed by atoms with E-state index in [0.29, 0.717) is 13.0 Å². The van der Waals surface area contributed by atoms with E-state index in [1.807, 2.05) is 0 Å². The molecule has 1 aromatic carbocycles. The zero-order valence-corrected chi connectivity index (χ0v) is 7.42. The molecule has 1 rings (SSSR count). The summed E-state index contributed by atoms with van der Waals surface area (Å²) >= 11 is 0. The third-order valence-corrected chi connectivity index (χ3v) is 1.47. The summed E-state index contributed by atoms with van der Waals surface area (Å²) in [5.41, 5.74) is 12.9. The molecule has 4 N–H and O–H groups in total. The Bertz CT molecular complexity index is 322. The fraction of sp³-hybridized carbons (Fsp3) is 0.250. The molecule has 0 unspecified atom stereocenters. The molecule has 0 aliphatic rings. The van der Waals surface area contributed by atoms with Gasteiger partial charge in [-0.2, -0.15) is 0 Å². The van der Waals surface area contributed by atoms with Gasteiger partial charge >= 0.3 is 0 Å². The molecule has 0 atom stereocenters. The molecule has 0 amide bonds. The number of nitrogens with zero attached hydrogens (tertiary/aromatic N) is 2. The summed E-state index contributed by atoms with van der Waals surface area (Å²) in [4.78, 5) is 9.36. The number of hydrogen-bond acceptors (Lipinski definition) is 4. The van der Waals surface area contributed by atoms with Crippen LogP contribution in [0.2, 0.25) is 0 Å². The SMILES string of the molecule is NCCc1ccc(O)c(O)c1.[N-]=[N+]=O. The molecule has 0 saturated carbocycles. The van der Waals surface area contributed by atoms with Crippen molar-refractivity contribution in [2.75, 3.05) is 6.54 Å². The van der Waals surface area contributed by atoms with Crippen molar-refractivity contribution in [3.05, 3.63) is 34.2 Å². The molecule has 0 aliphatic carbocycles. The van der Waals surface area contributed by atoms with Crippen LogP contribution in [0.1, 0.15) is 5.56 Å². The second-order valence-electron chi connectivity index (χ2n) is 2.44. The number of aromatic hydroxyl groups is 2. The van der Waals surface area contributed by atoms with Gasteiger partial charge in [-0.25, -0.2) is 0 Å². The largest absolute Gasteiger partial charge is 0.504 e. The lowest BCUT2D eigenvalue weighted by Crippen LogP contribution is -2.02. The molecule has 6 nitrogen and oxygen atoms in total. The van der Waals surface area contributed by atoms with Gasteiger partial charge in [-0.1, -0.05) is 6.07 Å².